The van der Waals surface area contributed by atoms with Crippen LogP contribution in [0.15, 0.2) is 60.7 Å². The van der Waals surface area contributed by atoms with Crippen molar-refractivity contribution in [1.82, 2.24) is 21.5 Å². The van der Waals surface area contributed by atoms with Crippen LogP contribution in [-0.2, 0) is 27.4 Å². The molecule has 0 aliphatic heterocycles. The first-order valence-electron chi connectivity index (χ1n) is 12.1. The highest BCUT2D eigenvalue weighted by Crippen LogP contribution is 2.09. The number of hydrogen-bond acceptors (Lipinski definition) is 5. The summed E-state index contributed by atoms with van der Waals surface area (Å²) in [5, 5.41) is 5.49. The molecule has 0 aliphatic carbocycles. The number of hydrazine groups is 1. The van der Waals surface area contributed by atoms with Crippen LogP contribution in [0.1, 0.15) is 45.2 Å². The lowest BCUT2D eigenvalue weighted by Gasteiger charge is -2.24. The fourth-order valence-corrected chi connectivity index (χ4v) is 3.37. The van der Waals surface area contributed by atoms with Gasteiger partial charge in [0.15, 0.2) is 0 Å². The highest BCUT2D eigenvalue weighted by Gasteiger charge is 2.28. The molecule has 0 aromatic heterocycles. The quantitative estimate of drug-likeness (QED) is 0.328. The summed E-state index contributed by atoms with van der Waals surface area (Å²) in [6.07, 6.45) is 0.0314. The third-order valence-corrected chi connectivity index (χ3v) is 5.17. The Kier molecular flexibility index (Phi) is 11.8. The zero-order valence-electron chi connectivity index (χ0n) is 21.0. The van der Waals surface area contributed by atoms with E-state index in [1.165, 1.54) is 0 Å². The first-order chi connectivity index (χ1) is 16.7. The predicted molar refractivity (Wildman–Crippen MR) is 136 cm³/mol. The van der Waals surface area contributed by atoms with E-state index < -0.39 is 24.1 Å². The van der Waals surface area contributed by atoms with E-state index in [0.717, 1.165) is 11.1 Å². The Balaban J connectivity index is 2.05. The summed E-state index contributed by atoms with van der Waals surface area (Å²) in [5.41, 5.74) is 7.35. The van der Waals surface area contributed by atoms with E-state index in [4.69, 9.17) is 4.74 Å². The third-order valence-electron chi connectivity index (χ3n) is 5.17. The number of amides is 3. The van der Waals surface area contributed by atoms with Crippen molar-refractivity contribution in [2.24, 2.45) is 11.8 Å². The molecule has 2 aromatic carbocycles. The summed E-state index contributed by atoms with van der Waals surface area (Å²) in [7, 11) is 0. The topological polar surface area (TPSA) is 109 Å². The van der Waals surface area contributed by atoms with Crippen LogP contribution in [0.25, 0.3) is 0 Å². The Bertz CT molecular complexity index is 919. The Hall–Kier alpha value is -3.39. The van der Waals surface area contributed by atoms with Gasteiger partial charge in [-0.05, 0) is 29.4 Å². The molecule has 4 N–H and O–H groups in total. The van der Waals surface area contributed by atoms with E-state index in [2.05, 4.69) is 21.5 Å². The number of nitrogens with one attached hydrogen (secondary N) is 4. The average molecular weight is 483 g/mol. The van der Waals surface area contributed by atoms with Crippen molar-refractivity contribution >= 4 is 17.9 Å². The molecule has 0 saturated carbocycles. The molecule has 2 unspecified atom stereocenters. The molecule has 0 aliphatic rings. The molecular formula is C27H38N4O4. The predicted octanol–water partition coefficient (Wildman–Crippen LogP) is 3.33. The minimum atomic E-state index is -0.840. The molecule has 0 saturated heterocycles. The third kappa shape index (κ3) is 11.1. The van der Waals surface area contributed by atoms with Crippen molar-refractivity contribution in [3.8, 4) is 0 Å². The number of carbonyl (C=O) groups excluding carboxylic acids is 3. The maximum Gasteiger partial charge on any atom is 0.408 e. The molecule has 2 aromatic rings. The summed E-state index contributed by atoms with van der Waals surface area (Å²) in [6, 6.07) is 17.1. The second kappa shape index (κ2) is 14.8. The monoisotopic (exact) mass is 482 g/mol. The molecule has 0 spiro atoms. The number of hydrogen-bond donors (Lipinski definition) is 4. The Morgan fingerprint density at radius 1 is 0.743 bits per heavy atom. The lowest BCUT2D eigenvalue weighted by molar-refractivity contribution is -0.130. The van der Waals surface area contributed by atoms with Crippen molar-refractivity contribution < 1.29 is 19.1 Å². The normalized spacial score (nSPS) is 12.6. The van der Waals surface area contributed by atoms with E-state index in [0.29, 0.717) is 25.3 Å². The minimum absolute atomic E-state index is 0.100. The van der Waals surface area contributed by atoms with Crippen molar-refractivity contribution in [1.29, 1.82) is 0 Å². The van der Waals surface area contributed by atoms with E-state index in [1.54, 1.807) is 0 Å². The molecular weight excluding hydrogens is 444 g/mol. The second-order valence-corrected chi connectivity index (χ2v) is 9.40. The number of benzene rings is 2. The highest BCUT2D eigenvalue weighted by atomic mass is 16.5. The number of rotatable bonds is 13. The molecule has 0 fully saturated rings. The summed E-state index contributed by atoms with van der Waals surface area (Å²) in [6.45, 7) is 8.68. The minimum Gasteiger partial charge on any atom is -0.445 e. The van der Waals surface area contributed by atoms with Gasteiger partial charge in [0.1, 0.15) is 18.7 Å². The zero-order chi connectivity index (χ0) is 25.6. The smallest absolute Gasteiger partial charge is 0.408 e. The molecule has 2 rings (SSSR count). The average Bonchev–Trinajstić information content (AvgIpc) is 2.82. The lowest BCUT2D eigenvalue weighted by Crippen LogP contribution is -2.56. The van der Waals surface area contributed by atoms with E-state index in [1.807, 2.05) is 88.4 Å². The van der Waals surface area contributed by atoms with E-state index >= 15 is 0 Å². The molecule has 8 heteroatoms. The number of alkyl carbamates (subject to hydrolysis) is 1. The summed E-state index contributed by atoms with van der Waals surface area (Å²) < 4.78 is 5.29. The summed E-state index contributed by atoms with van der Waals surface area (Å²) in [5.74, 6) is -0.304. The van der Waals surface area contributed by atoms with Crippen LogP contribution >= 0.6 is 0 Å². The fraction of sp³-hybridized carbons (Fsp3) is 0.444. The van der Waals surface area contributed by atoms with Gasteiger partial charge in [-0.1, -0.05) is 88.4 Å². The molecule has 3 amide bonds. The van der Waals surface area contributed by atoms with Gasteiger partial charge in [0.2, 0.25) is 5.91 Å². The van der Waals surface area contributed by atoms with Gasteiger partial charge in [-0.15, -0.1) is 0 Å². The molecule has 0 bridgehead atoms. The van der Waals surface area contributed by atoms with E-state index in [9.17, 15) is 14.4 Å². The van der Waals surface area contributed by atoms with Gasteiger partial charge in [0.05, 0.1) is 0 Å². The van der Waals surface area contributed by atoms with Gasteiger partial charge in [-0.3, -0.25) is 15.0 Å². The molecule has 0 radical (unpaired) electrons. The van der Waals surface area contributed by atoms with Crippen LogP contribution in [0.2, 0.25) is 0 Å². The highest BCUT2D eigenvalue weighted by molar-refractivity contribution is 5.91. The van der Waals surface area contributed by atoms with Gasteiger partial charge in [-0.25, -0.2) is 10.2 Å². The van der Waals surface area contributed by atoms with Gasteiger partial charge >= 0.3 is 6.09 Å². The summed E-state index contributed by atoms with van der Waals surface area (Å²) in [4.78, 5) is 38.5. The first-order valence-corrected chi connectivity index (χ1v) is 12.1. The van der Waals surface area contributed by atoms with Crippen LogP contribution < -0.4 is 21.5 Å². The molecule has 2 atom stereocenters. The van der Waals surface area contributed by atoms with Crippen molar-refractivity contribution in [3.63, 3.8) is 0 Å². The number of carbonyl (C=O) groups is 3. The van der Waals surface area contributed by atoms with Crippen LogP contribution in [0.4, 0.5) is 4.79 Å². The molecule has 190 valence electrons. The van der Waals surface area contributed by atoms with Gasteiger partial charge in [0.25, 0.3) is 5.91 Å². The van der Waals surface area contributed by atoms with Gasteiger partial charge in [-0.2, -0.15) is 0 Å². The standard InChI is InChI=1S/C27H38N4O4/c1-19(2)15-23(30-27(34)35-18-22-13-9-6-10-14-22)25(32)29-24(16-21-11-7-5-8-12-21)26(33)31-28-17-20(3)4/h5-14,19-20,23-24,28H,15-18H2,1-4H3,(H,29,32)(H,30,34)(H,31,33). The maximum absolute atomic E-state index is 13.2. The fourth-order valence-electron chi connectivity index (χ4n) is 3.37. The second-order valence-electron chi connectivity index (χ2n) is 9.40. The van der Waals surface area contributed by atoms with Crippen molar-refractivity contribution in [3.05, 3.63) is 71.8 Å². The van der Waals surface area contributed by atoms with Crippen LogP contribution in [0, 0.1) is 11.8 Å². The Morgan fingerprint density at radius 3 is 1.91 bits per heavy atom. The van der Waals surface area contributed by atoms with Crippen LogP contribution in [0.5, 0.6) is 0 Å². The molecule has 0 heterocycles. The maximum atomic E-state index is 13.2. The Labute approximate surface area is 208 Å². The molecule has 8 nitrogen and oxygen atoms in total. The van der Waals surface area contributed by atoms with Gasteiger partial charge in [0, 0.05) is 13.0 Å². The zero-order valence-corrected chi connectivity index (χ0v) is 21.0. The SMILES string of the molecule is CC(C)CNNC(=O)C(Cc1ccccc1)NC(=O)C(CC(C)C)NC(=O)OCc1ccccc1. The largest absolute Gasteiger partial charge is 0.445 e. The summed E-state index contributed by atoms with van der Waals surface area (Å²) >= 11 is 0. The number of ether oxygens (including phenoxy) is 1. The van der Waals surface area contributed by atoms with Crippen molar-refractivity contribution in [2.75, 3.05) is 6.54 Å². The Morgan fingerprint density at radius 2 is 1.34 bits per heavy atom. The van der Waals surface area contributed by atoms with Gasteiger partial charge < -0.3 is 15.4 Å². The van der Waals surface area contributed by atoms with Crippen molar-refractivity contribution in [2.45, 2.75) is 59.2 Å². The van der Waals surface area contributed by atoms with E-state index in [-0.39, 0.29) is 18.4 Å². The van der Waals surface area contributed by atoms with Crippen LogP contribution in [-0.4, -0.2) is 36.5 Å². The lowest BCUT2D eigenvalue weighted by atomic mass is 10.0. The van der Waals surface area contributed by atoms with Crippen LogP contribution in [0.3, 0.4) is 0 Å². The first kappa shape index (κ1) is 27.9. The molecule has 35 heavy (non-hydrogen) atoms.